The molecular weight excluding hydrogens is 290 g/mol. The van der Waals surface area contributed by atoms with E-state index < -0.39 is 0 Å². The Labute approximate surface area is 136 Å². The molecule has 0 aromatic carbocycles. The summed E-state index contributed by atoms with van der Waals surface area (Å²) in [5.41, 5.74) is 1.88. The molecule has 5 heteroatoms. The first-order chi connectivity index (χ1) is 11.3. The number of hydrogen-bond acceptors (Lipinski definition) is 4. The first kappa shape index (κ1) is 15.6. The van der Waals surface area contributed by atoms with Crippen molar-refractivity contribution in [2.24, 2.45) is 0 Å². The van der Waals surface area contributed by atoms with Gasteiger partial charge in [0.2, 0.25) is 5.91 Å². The number of amides is 1. The number of aromatic nitrogens is 2. The molecule has 0 N–H and O–H groups in total. The predicted molar refractivity (Wildman–Crippen MR) is 86.6 cm³/mol. The number of rotatable bonds is 5. The maximum atomic E-state index is 12.4. The number of likely N-dealkylation sites (tertiary alicyclic amines) is 1. The number of ether oxygens (including phenoxy) is 1. The molecule has 0 aliphatic carbocycles. The van der Waals surface area contributed by atoms with E-state index in [0.717, 1.165) is 30.6 Å². The van der Waals surface area contributed by atoms with Crippen LogP contribution in [0.2, 0.25) is 0 Å². The summed E-state index contributed by atoms with van der Waals surface area (Å²) >= 11 is 0. The van der Waals surface area contributed by atoms with Crippen LogP contribution in [0.25, 0.3) is 0 Å². The van der Waals surface area contributed by atoms with Crippen LogP contribution in [0.4, 0.5) is 0 Å². The number of carbonyl (C=O) groups is 1. The molecular formula is C18H21N3O2. The Kier molecular flexibility index (Phi) is 5.32. The van der Waals surface area contributed by atoms with E-state index in [1.54, 1.807) is 18.6 Å². The summed E-state index contributed by atoms with van der Waals surface area (Å²) in [4.78, 5) is 22.6. The highest BCUT2D eigenvalue weighted by molar-refractivity contribution is 5.78. The molecule has 5 nitrogen and oxygen atoms in total. The van der Waals surface area contributed by atoms with Crippen LogP contribution in [0.3, 0.4) is 0 Å². The van der Waals surface area contributed by atoms with E-state index in [2.05, 4.69) is 9.97 Å². The van der Waals surface area contributed by atoms with Gasteiger partial charge in [-0.2, -0.15) is 0 Å². The fourth-order valence-electron chi connectivity index (χ4n) is 2.78. The molecule has 1 atom stereocenters. The molecule has 1 aliphatic rings. The van der Waals surface area contributed by atoms with Crippen molar-refractivity contribution in [3.05, 3.63) is 60.2 Å². The molecule has 1 amide bonds. The van der Waals surface area contributed by atoms with Crippen LogP contribution >= 0.6 is 0 Å². The zero-order valence-corrected chi connectivity index (χ0v) is 13.1. The van der Waals surface area contributed by atoms with Crippen LogP contribution in [0.5, 0.6) is 0 Å². The van der Waals surface area contributed by atoms with Gasteiger partial charge < -0.3 is 9.64 Å². The fraction of sp³-hybridized carbons (Fsp3) is 0.389. The Morgan fingerprint density at radius 3 is 3.00 bits per heavy atom. The van der Waals surface area contributed by atoms with E-state index in [0.29, 0.717) is 19.6 Å². The van der Waals surface area contributed by atoms with Crippen molar-refractivity contribution in [2.45, 2.75) is 32.0 Å². The van der Waals surface area contributed by atoms with E-state index in [1.165, 1.54) is 0 Å². The second-order valence-electron chi connectivity index (χ2n) is 5.77. The van der Waals surface area contributed by atoms with Crippen LogP contribution in [0, 0.1) is 0 Å². The Morgan fingerprint density at radius 2 is 2.22 bits per heavy atom. The van der Waals surface area contributed by atoms with Gasteiger partial charge in [0.1, 0.15) is 0 Å². The van der Waals surface area contributed by atoms with Crippen LogP contribution in [0.1, 0.15) is 24.1 Å². The van der Waals surface area contributed by atoms with Gasteiger partial charge in [-0.15, -0.1) is 0 Å². The molecule has 23 heavy (non-hydrogen) atoms. The molecule has 0 saturated carbocycles. The van der Waals surface area contributed by atoms with Gasteiger partial charge in [-0.1, -0.05) is 12.1 Å². The summed E-state index contributed by atoms with van der Waals surface area (Å²) in [7, 11) is 0. The average molecular weight is 311 g/mol. The van der Waals surface area contributed by atoms with Crippen molar-refractivity contribution in [3.63, 3.8) is 0 Å². The van der Waals surface area contributed by atoms with E-state index in [4.69, 9.17) is 4.74 Å². The van der Waals surface area contributed by atoms with Gasteiger partial charge in [-0.05, 0) is 36.6 Å². The maximum Gasteiger partial charge on any atom is 0.227 e. The SMILES string of the molecule is O=C(Cc1cccnc1)N1CCC[C@@H](OCc2ccccn2)C1. The lowest BCUT2D eigenvalue weighted by molar-refractivity contribution is -0.134. The van der Waals surface area contributed by atoms with Crippen molar-refractivity contribution in [3.8, 4) is 0 Å². The Balaban J connectivity index is 1.50. The summed E-state index contributed by atoms with van der Waals surface area (Å²) in [6.07, 6.45) is 7.69. The van der Waals surface area contributed by atoms with Gasteiger partial charge in [0.05, 0.1) is 24.8 Å². The number of nitrogens with zero attached hydrogens (tertiary/aromatic N) is 3. The highest BCUT2D eigenvalue weighted by atomic mass is 16.5. The molecule has 0 radical (unpaired) electrons. The Morgan fingerprint density at radius 1 is 1.26 bits per heavy atom. The summed E-state index contributed by atoms with van der Waals surface area (Å²) < 4.78 is 5.93. The van der Waals surface area contributed by atoms with Gasteiger partial charge in [-0.3, -0.25) is 14.8 Å². The van der Waals surface area contributed by atoms with Crippen molar-refractivity contribution >= 4 is 5.91 Å². The van der Waals surface area contributed by atoms with Crippen LogP contribution in [-0.4, -0.2) is 40.0 Å². The van der Waals surface area contributed by atoms with Crippen molar-refractivity contribution < 1.29 is 9.53 Å². The second-order valence-corrected chi connectivity index (χ2v) is 5.77. The van der Waals surface area contributed by atoms with E-state index in [-0.39, 0.29) is 12.0 Å². The molecule has 1 aliphatic heterocycles. The van der Waals surface area contributed by atoms with Gasteiger partial charge in [0.15, 0.2) is 0 Å². The lowest BCUT2D eigenvalue weighted by Crippen LogP contribution is -2.43. The average Bonchev–Trinajstić information content (AvgIpc) is 2.62. The number of piperidine rings is 1. The van der Waals surface area contributed by atoms with Crippen molar-refractivity contribution in [1.82, 2.24) is 14.9 Å². The molecule has 2 aromatic heterocycles. The topological polar surface area (TPSA) is 55.3 Å². The Bertz CT molecular complexity index is 619. The lowest BCUT2D eigenvalue weighted by atomic mass is 10.1. The number of hydrogen-bond donors (Lipinski definition) is 0. The molecule has 2 aromatic rings. The van der Waals surface area contributed by atoms with Crippen molar-refractivity contribution in [1.29, 1.82) is 0 Å². The van der Waals surface area contributed by atoms with Gasteiger partial charge in [0, 0.05) is 31.7 Å². The fourth-order valence-corrected chi connectivity index (χ4v) is 2.78. The smallest absolute Gasteiger partial charge is 0.227 e. The highest BCUT2D eigenvalue weighted by Crippen LogP contribution is 2.16. The summed E-state index contributed by atoms with van der Waals surface area (Å²) in [5.74, 6) is 0.143. The first-order valence-corrected chi connectivity index (χ1v) is 7.99. The van der Waals surface area contributed by atoms with E-state index >= 15 is 0 Å². The third-order valence-corrected chi connectivity index (χ3v) is 4.00. The molecule has 0 bridgehead atoms. The van der Waals surface area contributed by atoms with Crippen LogP contribution in [0.15, 0.2) is 48.9 Å². The summed E-state index contributed by atoms with van der Waals surface area (Å²) in [6.45, 7) is 1.96. The monoisotopic (exact) mass is 311 g/mol. The van der Waals surface area contributed by atoms with Crippen LogP contribution < -0.4 is 0 Å². The predicted octanol–water partition coefficient (Wildman–Crippen LogP) is 2.23. The normalized spacial score (nSPS) is 17.9. The zero-order valence-electron chi connectivity index (χ0n) is 13.1. The minimum atomic E-state index is 0.0867. The third kappa shape index (κ3) is 4.60. The molecule has 120 valence electrons. The molecule has 3 heterocycles. The molecule has 1 fully saturated rings. The minimum Gasteiger partial charge on any atom is -0.370 e. The van der Waals surface area contributed by atoms with Gasteiger partial charge in [-0.25, -0.2) is 0 Å². The summed E-state index contributed by atoms with van der Waals surface area (Å²) in [6, 6.07) is 9.59. The molecule has 3 rings (SSSR count). The van der Waals surface area contributed by atoms with Gasteiger partial charge in [0.25, 0.3) is 0 Å². The second kappa shape index (κ2) is 7.83. The standard InChI is InChI=1S/C18H21N3O2/c22-18(11-15-5-3-8-19-12-15)21-10-4-7-17(13-21)23-14-16-6-1-2-9-20-16/h1-3,5-6,8-9,12,17H,4,7,10-11,13-14H2/t17-/m1/s1. The molecule has 0 spiro atoms. The number of carbonyl (C=O) groups excluding carboxylic acids is 1. The van der Waals surface area contributed by atoms with Gasteiger partial charge >= 0.3 is 0 Å². The van der Waals surface area contributed by atoms with E-state index in [1.807, 2.05) is 35.2 Å². The minimum absolute atomic E-state index is 0.0867. The molecule has 1 saturated heterocycles. The van der Waals surface area contributed by atoms with Crippen molar-refractivity contribution in [2.75, 3.05) is 13.1 Å². The Hall–Kier alpha value is -2.27. The quantitative estimate of drug-likeness (QED) is 0.849. The zero-order chi connectivity index (χ0) is 15.9. The largest absolute Gasteiger partial charge is 0.370 e. The highest BCUT2D eigenvalue weighted by Gasteiger charge is 2.24. The van der Waals surface area contributed by atoms with E-state index in [9.17, 15) is 4.79 Å². The molecule has 0 unspecified atom stereocenters. The maximum absolute atomic E-state index is 12.4. The lowest BCUT2D eigenvalue weighted by Gasteiger charge is -2.32. The van der Waals surface area contributed by atoms with Crippen LogP contribution in [-0.2, 0) is 22.6 Å². The third-order valence-electron chi connectivity index (χ3n) is 4.00. The number of pyridine rings is 2. The first-order valence-electron chi connectivity index (χ1n) is 7.99. The summed E-state index contributed by atoms with van der Waals surface area (Å²) in [5, 5.41) is 0.